The van der Waals surface area contributed by atoms with Crippen LogP contribution in [0.5, 0.6) is 0 Å². The predicted octanol–water partition coefficient (Wildman–Crippen LogP) is 2.02. The summed E-state index contributed by atoms with van der Waals surface area (Å²) < 4.78 is 31.7. The van der Waals surface area contributed by atoms with E-state index in [0.717, 1.165) is 36.6 Å². The highest BCUT2D eigenvalue weighted by Crippen LogP contribution is 2.42. The van der Waals surface area contributed by atoms with E-state index in [1.165, 1.54) is 0 Å². The smallest absolute Gasteiger partial charge is 0.340 e. The van der Waals surface area contributed by atoms with Gasteiger partial charge in [0.15, 0.2) is 0 Å². The third-order valence-corrected chi connectivity index (χ3v) is 6.00. The minimum atomic E-state index is -3.67. The normalized spacial score (nSPS) is 30.6. The van der Waals surface area contributed by atoms with Gasteiger partial charge in [-0.3, -0.25) is 14.2 Å². The van der Waals surface area contributed by atoms with Gasteiger partial charge in [0.1, 0.15) is 11.9 Å². The number of piperidine rings is 4. The SMILES string of the molecule is CS(=O)(=O)O.O=C(OC1CC2CC3C[C@H](C1)N2CC3=O)c1c[nH]c2ccccc12. The molecule has 0 amide bonds. The molecule has 4 aliphatic heterocycles. The van der Waals surface area contributed by atoms with Crippen LogP contribution in [0.2, 0.25) is 0 Å². The number of hydrogen-bond acceptors (Lipinski definition) is 6. The molecule has 0 radical (unpaired) electrons. The van der Waals surface area contributed by atoms with E-state index in [4.69, 9.17) is 9.29 Å². The van der Waals surface area contributed by atoms with E-state index in [2.05, 4.69) is 9.88 Å². The Morgan fingerprint density at radius 1 is 1.17 bits per heavy atom. The molecule has 4 saturated heterocycles. The number of aromatic nitrogens is 1. The number of H-pyrrole nitrogens is 1. The Kier molecular flexibility index (Phi) is 5.22. The molecule has 4 bridgehead atoms. The number of carbonyl (C=O) groups is 2. The van der Waals surface area contributed by atoms with E-state index in [-0.39, 0.29) is 18.0 Å². The zero-order valence-electron chi connectivity index (χ0n) is 16.1. The molecule has 1 aromatic carbocycles. The van der Waals surface area contributed by atoms with Crippen LogP contribution in [-0.4, -0.2) is 65.6 Å². The number of nitrogens with one attached hydrogen (secondary N) is 1. The molecule has 9 heteroatoms. The van der Waals surface area contributed by atoms with Crippen LogP contribution in [0.1, 0.15) is 36.0 Å². The molecule has 4 unspecified atom stereocenters. The first-order chi connectivity index (χ1) is 13.7. The molecule has 8 nitrogen and oxygen atoms in total. The summed E-state index contributed by atoms with van der Waals surface area (Å²) in [5.74, 6) is 0.403. The van der Waals surface area contributed by atoms with Crippen molar-refractivity contribution in [2.75, 3.05) is 12.8 Å². The van der Waals surface area contributed by atoms with E-state index in [1.54, 1.807) is 6.20 Å². The standard InChI is InChI=1S/C19H20N2O3.CH4O3S/c22-18-10-21-12-5-11(18)6-13(21)8-14(7-12)24-19(23)16-9-20-17-4-2-1-3-15(16)17;1-5(2,3)4/h1-4,9,11-14,20H,5-8,10H2;1H3,(H,2,3,4)/t11?,12-,13?,14?;/m1./s1. The number of para-hydroxylation sites is 1. The first kappa shape index (κ1) is 20.1. The average Bonchev–Trinajstić information content (AvgIpc) is 3.04. The lowest BCUT2D eigenvalue weighted by atomic mass is 9.72. The highest BCUT2D eigenvalue weighted by Gasteiger charge is 2.49. The van der Waals surface area contributed by atoms with Crippen molar-refractivity contribution in [1.29, 1.82) is 0 Å². The highest BCUT2D eigenvalue weighted by atomic mass is 32.2. The molecule has 0 saturated carbocycles. The fraction of sp³-hybridized carbons (Fsp3) is 0.500. The molecule has 0 aliphatic carbocycles. The van der Waals surface area contributed by atoms with E-state index in [1.807, 2.05) is 24.3 Å². The van der Waals surface area contributed by atoms with Gasteiger partial charge in [-0.25, -0.2) is 4.79 Å². The number of esters is 1. The number of rotatable bonds is 2. The second-order valence-corrected chi connectivity index (χ2v) is 9.56. The summed E-state index contributed by atoms with van der Waals surface area (Å²) in [5.41, 5.74) is 1.56. The Labute approximate surface area is 169 Å². The van der Waals surface area contributed by atoms with E-state index in [9.17, 15) is 18.0 Å². The van der Waals surface area contributed by atoms with Gasteiger partial charge in [-0.1, -0.05) is 18.2 Å². The average molecular weight is 420 g/mol. The summed E-state index contributed by atoms with van der Waals surface area (Å²) in [4.78, 5) is 30.0. The van der Waals surface area contributed by atoms with Crippen molar-refractivity contribution in [3.63, 3.8) is 0 Å². The lowest BCUT2D eigenvalue weighted by molar-refractivity contribution is -0.145. The van der Waals surface area contributed by atoms with Crippen molar-refractivity contribution in [1.82, 2.24) is 9.88 Å². The lowest BCUT2D eigenvalue weighted by Crippen LogP contribution is -2.63. The molecular formula is C20H24N2O6S. The van der Waals surface area contributed by atoms with E-state index < -0.39 is 10.1 Å². The number of Topliss-reactive ketones (excluding diaryl/α,β-unsaturated/α-hetero) is 1. The van der Waals surface area contributed by atoms with Crippen LogP contribution in [0.25, 0.3) is 10.9 Å². The van der Waals surface area contributed by atoms with Gasteiger partial charge in [0.2, 0.25) is 0 Å². The van der Waals surface area contributed by atoms with Crippen molar-refractivity contribution in [3.05, 3.63) is 36.0 Å². The van der Waals surface area contributed by atoms with Gasteiger partial charge >= 0.3 is 5.97 Å². The van der Waals surface area contributed by atoms with Crippen LogP contribution in [0.3, 0.4) is 0 Å². The van der Waals surface area contributed by atoms with Crippen LogP contribution >= 0.6 is 0 Å². The van der Waals surface area contributed by atoms with E-state index >= 15 is 0 Å². The number of fused-ring (bicyclic) bond motifs is 2. The van der Waals surface area contributed by atoms with Gasteiger partial charge in [-0.15, -0.1) is 0 Å². The quantitative estimate of drug-likeness (QED) is 0.564. The van der Waals surface area contributed by atoms with Gasteiger partial charge in [0, 0.05) is 47.9 Å². The predicted molar refractivity (Wildman–Crippen MR) is 106 cm³/mol. The summed E-state index contributed by atoms with van der Waals surface area (Å²) in [5, 5.41) is 0.909. The third-order valence-electron chi connectivity index (χ3n) is 6.00. The molecule has 29 heavy (non-hydrogen) atoms. The minimum Gasteiger partial charge on any atom is -0.459 e. The molecule has 0 spiro atoms. The Morgan fingerprint density at radius 3 is 2.41 bits per heavy atom. The Bertz CT molecular complexity index is 1020. The molecule has 4 fully saturated rings. The molecule has 6 rings (SSSR count). The topological polar surface area (TPSA) is 117 Å². The number of hydrogen-bond donors (Lipinski definition) is 2. The third kappa shape index (κ3) is 4.36. The van der Waals surface area contributed by atoms with E-state index in [0.29, 0.717) is 36.2 Å². The first-order valence-electron chi connectivity index (χ1n) is 9.67. The lowest BCUT2D eigenvalue weighted by Gasteiger charge is -2.54. The summed E-state index contributed by atoms with van der Waals surface area (Å²) >= 11 is 0. The van der Waals surface area contributed by atoms with Gasteiger partial charge in [-0.2, -0.15) is 8.42 Å². The van der Waals surface area contributed by atoms with Gasteiger partial charge in [-0.05, 0) is 18.9 Å². The molecule has 2 aromatic rings. The van der Waals surface area contributed by atoms with Crippen molar-refractivity contribution < 1.29 is 27.3 Å². The van der Waals surface area contributed by atoms with Crippen LogP contribution < -0.4 is 0 Å². The van der Waals surface area contributed by atoms with Crippen molar-refractivity contribution in [2.45, 2.75) is 43.9 Å². The maximum absolute atomic E-state index is 12.6. The maximum Gasteiger partial charge on any atom is 0.340 e. The summed E-state index contributed by atoms with van der Waals surface area (Å²) in [6.45, 7) is 0.600. The van der Waals surface area contributed by atoms with Gasteiger partial charge in [0.05, 0.1) is 18.4 Å². The fourth-order valence-electron chi connectivity index (χ4n) is 4.87. The molecule has 5 heterocycles. The van der Waals surface area contributed by atoms with Gasteiger partial charge in [0.25, 0.3) is 10.1 Å². The first-order valence-corrected chi connectivity index (χ1v) is 11.5. The van der Waals surface area contributed by atoms with Crippen LogP contribution in [0.4, 0.5) is 0 Å². The Hall–Kier alpha value is -2.23. The second-order valence-electron chi connectivity index (χ2n) is 8.09. The van der Waals surface area contributed by atoms with Crippen molar-refractivity contribution in [2.24, 2.45) is 5.92 Å². The Balaban J connectivity index is 0.000000369. The number of ketones is 1. The number of carbonyl (C=O) groups excluding carboxylic acids is 2. The fourth-order valence-corrected chi connectivity index (χ4v) is 4.87. The molecular weight excluding hydrogens is 396 g/mol. The zero-order chi connectivity index (χ0) is 20.8. The van der Waals surface area contributed by atoms with Crippen molar-refractivity contribution in [3.8, 4) is 0 Å². The summed E-state index contributed by atoms with van der Waals surface area (Å²) in [7, 11) is -3.67. The number of aromatic amines is 1. The summed E-state index contributed by atoms with van der Waals surface area (Å²) in [6.07, 6.45) is 6.01. The number of nitrogens with zero attached hydrogens (tertiary/aromatic N) is 1. The maximum atomic E-state index is 12.6. The molecule has 4 aliphatic rings. The number of ether oxygens (including phenoxy) is 1. The molecule has 1 aromatic heterocycles. The van der Waals surface area contributed by atoms with Crippen LogP contribution in [0.15, 0.2) is 30.5 Å². The Morgan fingerprint density at radius 2 is 1.79 bits per heavy atom. The second kappa shape index (κ2) is 7.55. The minimum absolute atomic E-state index is 0.0356. The van der Waals surface area contributed by atoms with Crippen LogP contribution in [0, 0.1) is 5.92 Å². The summed E-state index contributed by atoms with van der Waals surface area (Å²) in [6, 6.07) is 8.58. The largest absolute Gasteiger partial charge is 0.459 e. The van der Waals surface area contributed by atoms with Crippen molar-refractivity contribution >= 4 is 32.8 Å². The monoisotopic (exact) mass is 420 g/mol. The molecule has 5 atom stereocenters. The molecule has 2 N–H and O–H groups in total. The zero-order valence-corrected chi connectivity index (χ0v) is 16.9. The van der Waals surface area contributed by atoms with Crippen LogP contribution in [-0.2, 0) is 19.6 Å². The number of benzene rings is 1. The highest BCUT2D eigenvalue weighted by molar-refractivity contribution is 7.85. The van der Waals surface area contributed by atoms with Gasteiger partial charge < -0.3 is 9.72 Å². The molecule has 156 valence electrons.